The van der Waals surface area contributed by atoms with Crippen LogP contribution in [0.5, 0.6) is 0 Å². The molecule has 0 saturated carbocycles. The van der Waals surface area contributed by atoms with Crippen molar-refractivity contribution in [2.45, 2.75) is 0 Å². The average Bonchev–Trinajstić information content (AvgIpc) is 2.75. The molecule has 0 amide bonds. The summed E-state index contributed by atoms with van der Waals surface area (Å²) in [5.41, 5.74) is 3.34. The molecule has 4 nitrogen and oxygen atoms in total. The van der Waals surface area contributed by atoms with E-state index in [2.05, 4.69) is 5.16 Å². The average molecular weight is 412 g/mol. The van der Waals surface area contributed by atoms with Gasteiger partial charge in [-0.2, -0.15) is 0 Å². The second-order valence-electron chi connectivity index (χ2n) is 6.03. The highest BCUT2D eigenvalue weighted by atomic mass is 35.5. The van der Waals surface area contributed by atoms with Crippen molar-refractivity contribution in [1.29, 1.82) is 0 Å². The Kier molecular flexibility index (Phi) is 6.69. The normalized spacial score (nSPS) is 12.1. The Bertz CT molecular complexity index is 989. The van der Waals surface area contributed by atoms with Gasteiger partial charge in [0.2, 0.25) is 0 Å². The van der Waals surface area contributed by atoms with E-state index in [1.807, 2.05) is 72.6 Å². The van der Waals surface area contributed by atoms with Gasteiger partial charge in [-0.1, -0.05) is 65.3 Å². The smallest absolute Gasteiger partial charge is 0.124 e. The Hall–Kier alpha value is -2.82. The number of amidine groups is 1. The van der Waals surface area contributed by atoms with Crippen LogP contribution in [0.4, 0.5) is 11.4 Å². The lowest BCUT2D eigenvalue weighted by Crippen LogP contribution is -2.27. The zero-order valence-corrected chi connectivity index (χ0v) is 16.8. The van der Waals surface area contributed by atoms with Gasteiger partial charge in [0, 0.05) is 28.9 Å². The van der Waals surface area contributed by atoms with E-state index in [1.54, 1.807) is 18.2 Å². The molecule has 0 radical (unpaired) electrons. The first kappa shape index (κ1) is 19.9. The van der Waals surface area contributed by atoms with E-state index in [0.717, 1.165) is 11.3 Å². The number of rotatable bonds is 5. The maximum Gasteiger partial charge on any atom is 0.124 e. The van der Waals surface area contributed by atoms with Crippen molar-refractivity contribution in [2.75, 3.05) is 17.8 Å². The highest BCUT2D eigenvalue weighted by Gasteiger charge is 2.15. The molecule has 0 spiro atoms. The lowest BCUT2D eigenvalue weighted by atomic mass is 10.0. The van der Waals surface area contributed by atoms with Crippen molar-refractivity contribution >= 4 is 46.1 Å². The highest BCUT2D eigenvalue weighted by Crippen LogP contribution is 2.27. The molecule has 0 aromatic heterocycles. The third kappa shape index (κ3) is 4.53. The number of aliphatic imine (C=N–C) groups is 1. The maximum atomic E-state index is 9.69. The molecule has 3 rings (SSSR count). The van der Waals surface area contributed by atoms with Crippen LogP contribution < -0.4 is 4.90 Å². The van der Waals surface area contributed by atoms with Crippen LogP contribution in [0.25, 0.3) is 0 Å². The third-order valence-electron chi connectivity index (χ3n) is 4.26. The second-order valence-corrected chi connectivity index (χ2v) is 6.74. The van der Waals surface area contributed by atoms with E-state index in [1.165, 1.54) is 0 Å². The fourth-order valence-corrected chi connectivity index (χ4v) is 3.20. The summed E-state index contributed by atoms with van der Waals surface area (Å²) in [5, 5.41) is 13.7. The van der Waals surface area contributed by atoms with Gasteiger partial charge in [0.25, 0.3) is 0 Å². The summed E-state index contributed by atoms with van der Waals surface area (Å²) >= 11 is 12.4. The molecule has 0 fully saturated rings. The quantitative estimate of drug-likeness (QED) is 0.185. The number of halogens is 2. The summed E-state index contributed by atoms with van der Waals surface area (Å²) < 4.78 is 0. The summed E-state index contributed by atoms with van der Waals surface area (Å²) in [7, 11) is 1.91. The Morgan fingerprint density at radius 2 is 1.61 bits per heavy atom. The molecule has 0 aliphatic rings. The number of nitrogens with zero attached hydrogens (tertiary/aromatic N) is 3. The number of hydrogen-bond acceptors (Lipinski definition) is 3. The molecule has 28 heavy (non-hydrogen) atoms. The van der Waals surface area contributed by atoms with Crippen LogP contribution in [0, 0.1) is 0 Å². The van der Waals surface area contributed by atoms with Gasteiger partial charge >= 0.3 is 0 Å². The van der Waals surface area contributed by atoms with Gasteiger partial charge in [-0.15, -0.1) is 11.6 Å². The molecular formula is C22H19Cl2N3O. The predicted molar refractivity (Wildman–Crippen MR) is 118 cm³/mol. The van der Waals surface area contributed by atoms with E-state index in [-0.39, 0.29) is 5.88 Å². The first-order valence-corrected chi connectivity index (χ1v) is 9.55. The zero-order valence-electron chi connectivity index (χ0n) is 15.3. The second kappa shape index (κ2) is 9.40. The van der Waals surface area contributed by atoms with Crippen LogP contribution in [0.2, 0.25) is 5.02 Å². The van der Waals surface area contributed by atoms with Crippen LogP contribution in [0.1, 0.15) is 11.1 Å². The van der Waals surface area contributed by atoms with Gasteiger partial charge in [-0.05, 0) is 30.3 Å². The molecule has 142 valence electrons. The molecule has 0 bridgehead atoms. The zero-order chi connectivity index (χ0) is 19.9. The minimum Gasteiger partial charge on any atom is -0.410 e. The molecule has 3 aromatic rings. The lowest BCUT2D eigenvalue weighted by Gasteiger charge is -2.20. The van der Waals surface area contributed by atoms with Gasteiger partial charge in [0.05, 0.1) is 11.6 Å². The number of para-hydroxylation sites is 1. The van der Waals surface area contributed by atoms with E-state index in [4.69, 9.17) is 28.2 Å². The molecule has 0 aliphatic heterocycles. The molecular weight excluding hydrogens is 393 g/mol. The number of anilines is 1. The van der Waals surface area contributed by atoms with Gasteiger partial charge in [-0.25, -0.2) is 4.99 Å². The largest absolute Gasteiger partial charge is 0.410 e. The van der Waals surface area contributed by atoms with E-state index >= 15 is 0 Å². The molecule has 3 aromatic carbocycles. The number of oxime groups is 1. The molecule has 0 aliphatic carbocycles. The van der Waals surface area contributed by atoms with E-state index in [0.29, 0.717) is 27.8 Å². The highest BCUT2D eigenvalue weighted by molar-refractivity contribution is 6.32. The van der Waals surface area contributed by atoms with Crippen molar-refractivity contribution in [3.05, 3.63) is 95.0 Å². The van der Waals surface area contributed by atoms with E-state index in [9.17, 15) is 5.21 Å². The molecule has 0 saturated heterocycles. The summed E-state index contributed by atoms with van der Waals surface area (Å²) in [5.74, 6) is 0.867. The number of benzene rings is 3. The standard InChI is InChI=1S/C22H19Cl2N3O/c1-27(18-10-6-3-7-11-18)21(15-23)25-20-13-12-17(24)14-19(20)22(26-28)16-8-4-2-5-9-16/h2-14,28H,15H2,1H3/b25-21?,26-22+. The fourth-order valence-electron chi connectivity index (χ4n) is 2.79. The van der Waals surface area contributed by atoms with Crippen molar-refractivity contribution in [1.82, 2.24) is 0 Å². The molecule has 6 heteroatoms. The summed E-state index contributed by atoms with van der Waals surface area (Å²) in [6.07, 6.45) is 0. The maximum absolute atomic E-state index is 9.69. The van der Waals surface area contributed by atoms with Crippen LogP contribution in [0.3, 0.4) is 0 Å². The molecule has 0 unspecified atom stereocenters. The monoisotopic (exact) mass is 411 g/mol. The third-order valence-corrected chi connectivity index (χ3v) is 4.73. The van der Waals surface area contributed by atoms with Crippen molar-refractivity contribution in [3.8, 4) is 0 Å². The SMILES string of the molecule is CN(C(CCl)=Nc1ccc(Cl)cc1/C(=N/O)c1ccccc1)c1ccccc1. The van der Waals surface area contributed by atoms with Gasteiger partial charge in [0.1, 0.15) is 11.5 Å². The lowest BCUT2D eigenvalue weighted by molar-refractivity contribution is 0.319. The summed E-state index contributed by atoms with van der Waals surface area (Å²) in [4.78, 5) is 6.67. The Morgan fingerprint density at radius 1 is 0.964 bits per heavy atom. The molecule has 0 atom stereocenters. The van der Waals surface area contributed by atoms with Crippen LogP contribution in [0.15, 0.2) is 89.0 Å². The predicted octanol–water partition coefficient (Wildman–Crippen LogP) is 5.97. The van der Waals surface area contributed by atoms with Crippen molar-refractivity contribution in [3.63, 3.8) is 0 Å². The Morgan fingerprint density at radius 3 is 2.21 bits per heavy atom. The first-order valence-electron chi connectivity index (χ1n) is 8.63. The topological polar surface area (TPSA) is 48.2 Å². The summed E-state index contributed by atoms with van der Waals surface area (Å²) in [6.45, 7) is 0. The Balaban J connectivity index is 2.08. The van der Waals surface area contributed by atoms with Crippen molar-refractivity contribution < 1.29 is 5.21 Å². The minimum absolute atomic E-state index is 0.213. The molecule has 1 N–H and O–H groups in total. The summed E-state index contributed by atoms with van der Waals surface area (Å²) in [6, 6.07) is 24.5. The van der Waals surface area contributed by atoms with Crippen LogP contribution in [-0.4, -0.2) is 29.7 Å². The number of alkyl halides is 1. The number of hydrogen-bond donors (Lipinski definition) is 1. The van der Waals surface area contributed by atoms with Crippen LogP contribution >= 0.6 is 23.2 Å². The van der Waals surface area contributed by atoms with Crippen molar-refractivity contribution in [2.24, 2.45) is 10.1 Å². The minimum atomic E-state index is 0.213. The fraction of sp³-hybridized carbons (Fsp3) is 0.0909. The van der Waals surface area contributed by atoms with Gasteiger partial charge < -0.3 is 10.1 Å². The van der Waals surface area contributed by atoms with Gasteiger partial charge in [0.15, 0.2) is 0 Å². The van der Waals surface area contributed by atoms with Gasteiger partial charge in [-0.3, -0.25) is 0 Å². The first-order chi connectivity index (χ1) is 13.6. The van der Waals surface area contributed by atoms with Crippen LogP contribution in [-0.2, 0) is 0 Å². The van der Waals surface area contributed by atoms with E-state index < -0.39 is 0 Å². The molecule has 0 heterocycles. The Labute approximate surface area is 174 Å².